The van der Waals surface area contributed by atoms with Crippen molar-refractivity contribution in [1.29, 1.82) is 0 Å². The Labute approximate surface area is 189 Å². The summed E-state index contributed by atoms with van der Waals surface area (Å²) in [7, 11) is 0. The lowest BCUT2D eigenvalue weighted by molar-refractivity contribution is -0.140. The van der Waals surface area contributed by atoms with Crippen molar-refractivity contribution in [2.45, 2.75) is 64.9 Å². The van der Waals surface area contributed by atoms with Gasteiger partial charge in [0.15, 0.2) is 0 Å². The van der Waals surface area contributed by atoms with Crippen molar-refractivity contribution in [3.05, 3.63) is 71.0 Å². The van der Waals surface area contributed by atoms with Crippen LogP contribution in [-0.4, -0.2) is 34.0 Å². The summed E-state index contributed by atoms with van der Waals surface area (Å²) in [6.45, 7) is 9.98. The maximum Gasteiger partial charge on any atom is 0.243 e. The van der Waals surface area contributed by atoms with Gasteiger partial charge in [0.2, 0.25) is 11.8 Å². The Morgan fingerprint density at radius 3 is 2.32 bits per heavy atom. The van der Waals surface area contributed by atoms with Crippen LogP contribution >= 0.6 is 11.8 Å². The fraction of sp³-hybridized carbons (Fsp3) is 0.440. The minimum atomic E-state index is -0.587. The van der Waals surface area contributed by atoms with Crippen LogP contribution < -0.4 is 5.32 Å². The van der Waals surface area contributed by atoms with Crippen LogP contribution in [0.25, 0.3) is 0 Å². The van der Waals surface area contributed by atoms with E-state index in [1.165, 1.54) is 35.0 Å². The summed E-state index contributed by atoms with van der Waals surface area (Å²) >= 11 is 1.54. The van der Waals surface area contributed by atoms with Crippen molar-refractivity contribution in [3.63, 3.8) is 0 Å². The molecule has 0 saturated carbocycles. The topological polar surface area (TPSA) is 49.4 Å². The average Bonchev–Trinajstić information content (AvgIpc) is 2.69. The second-order valence-corrected chi connectivity index (χ2v) is 9.72. The van der Waals surface area contributed by atoms with E-state index < -0.39 is 11.6 Å². The van der Waals surface area contributed by atoms with Crippen LogP contribution in [0, 0.1) is 12.7 Å². The molecule has 2 aromatic carbocycles. The highest BCUT2D eigenvalue weighted by Crippen LogP contribution is 2.19. The zero-order valence-corrected chi connectivity index (χ0v) is 19.9. The second-order valence-electron chi connectivity index (χ2n) is 8.73. The largest absolute Gasteiger partial charge is 0.350 e. The van der Waals surface area contributed by atoms with E-state index in [2.05, 4.69) is 24.4 Å². The SMILES string of the molecule is CCC(C(=O)NC(C)(C)C)N(Cc1ccc(F)cc1)C(=O)CSCc1ccccc1C. The maximum absolute atomic E-state index is 13.3. The molecule has 0 aromatic heterocycles. The van der Waals surface area contributed by atoms with Gasteiger partial charge in [-0.15, -0.1) is 11.8 Å². The molecule has 0 fully saturated rings. The minimum absolute atomic E-state index is 0.0983. The molecular weight excluding hydrogens is 411 g/mol. The highest BCUT2D eigenvalue weighted by atomic mass is 32.2. The molecule has 0 aliphatic carbocycles. The molecule has 1 atom stereocenters. The van der Waals surface area contributed by atoms with Crippen LogP contribution in [0.1, 0.15) is 50.8 Å². The van der Waals surface area contributed by atoms with E-state index in [4.69, 9.17) is 0 Å². The number of aryl methyl sites for hydroxylation is 1. The molecule has 0 heterocycles. The maximum atomic E-state index is 13.3. The fourth-order valence-corrected chi connectivity index (χ4v) is 4.25. The molecule has 0 saturated heterocycles. The predicted octanol–water partition coefficient (Wildman–Crippen LogP) is 5.09. The molecule has 31 heavy (non-hydrogen) atoms. The number of benzene rings is 2. The van der Waals surface area contributed by atoms with Gasteiger partial charge in [0, 0.05) is 17.8 Å². The summed E-state index contributed by atoms with van der Waals surface area (Å²) in [5.74, 6) is 0.406. The summed E-state index contributed by atoms with van der Waals surface area (Å²) in [4.78, 5) is 27.8. The van der Waals surface area contributed by atoms with Gasteiger partial charge in [0.1, 0.15) is 11.9 Å². The van der Waals surface area contributed by atoms with Crippen LogP contribution in [-0.2, 0) is 21.9 Å². The Balaban J connectivity index is 2.16. The van der Waals surface area contributed by atoms with Gasteiger partial charge in [-0.3, -0.25) is 9.59 Å². The normalized spacial score (nSPS) is 12.3. The molecule has 2 aromatic rings. The number of hydrogen-bond acceptors (Lipinski definition) is 3. The molecule has 0 radical (unpaired) electrons. The highest BCUT2D eigenvalue weighted by molar-refractivity contribution is 7.99. The van der Waals surface area contributed by atoms with Gasteiger partial charge in [0.25, 0.3) is 0 Å². The van der Waals surface area contributed by atoms with Gasteiger partial charge in [0.05, 0.1) is 5.75 Å². The molecule has 0 aliphatic heterocycles. The molecular formula is C25H33FN2O2S. The van der Waals surface area contributed by atoms with Crippen LogP contribution in [0.5, 0.6) is 0 Å². The molecule has 1 unspecified atom stereocenters. The van der Waals surface area contributed by atoms with Crippen LogP contribution in [0.3, 0.4) is 0 Å². The van der Waals surface area contributed by atoms with Gasteiger partial charge < -0.3 is 10.2 Å². The van der Waals surface area contributed by atoms with Gasteiger partial charge in [-0.05, 0) is 62.9 Å². The van der Waals surface area contributed by atoms with Crippen molar-refractivity contribution in [3.8, 4) is 0 Å². The Morgan fingerprint density at radius 1 is 1.10 bits per heavy atom. The van der Waals surface area contributed by atoms with E-state index in [0.717, 1.165) is 11.3 Å². The number of carbonyl (C=O) groups is 2. The Bertz CT molecular complexity index is 878. The van der Waals surface area contributed by atoms with Crippen LogP contribution in [0.4, 0.5) is 4.39 Å². The monoisotopic (exact) mass is 444 g/mol. The number of thioether (sulfide) groups is 1. The van der Waals surface area contributed by atoms with E-state index in [-0.39, 0.29) is 29.9 Å². The average molecular weight is 445 g/mol. The zero-order valence-electron chi connectivity index (χ0n) is 19.1. The molecule has 168 valence electrons. The lowest BCUT2D eigenvalue weighted by atomic mass is 10.1. The summed E-state index contributed by atoms with van der Waals surface area (Å²) in [6, 6.07) is 13.6. The number of halogens is 1. The van der Waals surface area contributed by atoms with Crippen LogP contribution in [0.2, 0.25) is 0 Å². The quantitative estimate of drug-likeness (QED) is 0.586. The Hall–Kier alpha value is -2.34. The van der Waals surface area contributed by atoms with E-state index in [9.17, 15) is 14.0 Å². The first-order chi connectivity index (χ1) is 14.6. The molecule has 0 aliphatic rings. The summed E-state index contributed by atoms with van der Waals surface area (Å²) in [5.41, 5.74) is 2.79. The van der Waals surface area contributed by atoms with Gasteiger partial charge in [-0.1, -0.05) is 43.3 Å². The summed E-state index contributed by atoms with van der Waals surface area (Å²) in [6.07, 6.45) is 0.497. The smallest absolute Gasteiger partial charge is 0.243 e. The van der Waals surface area contributed by atoms with Crippen LogP contribution in [0.15, 0.2) is 48.5 Å². The number of amides is 2. The first-order valence-corrected chi connectivity index (χ1v) is 11.7. The third-order valence-corrected chi connectivity index (χ3v) is 5.86. The fourth-order valence-electron chi connectivity index (χ4n) is 3.26. The van der Waals surface area contributed by atoms with Crippen molar-refractivity contribution < 1.29 is 14.0 Å². The van der Waals surface area contributed by atoms with E-state index in [1.54, 1.807) is 17.0 Å². The minimum Gasteiger partial charge on any atom is -0.350 e. The molecule has 6 heteroatoms. The number of nitrogens with zero attached hydrogens (tertiary/aromatic N) is 1. The lowest BCUT2D eigenvalue weighted by Crippen LogP contribution is -2.53. The van der Waals surface area contributed by atoms with Crippen molar-refractivity contribution in [2.24, 2.45) is 0 Å². The van der Waals surface area contributed by atoms with Gasteiger partial charge in [-0.25, -0.2) is 4.39 Å². The van der Waals surface area contributed by atoms with E-state index >= 15 is 0 Å². The van der Waals surface area contributed by atoms with Gasteiger partial charge >= 0.3 is 0 Å². The lowest BCUT2D eigenvalue weighted by Gasteiger charge is -2.33. The predicted molar refractivity (Wildman–Crippen MR) is 126 cm³/mol. The summed E-state index contributed by atoms with van der Waals surface area (Å²) < 4.78 is 13.3. The molecule has 0 spiro atoms. The van der Waals surface area contributed by atoms with E-state index in [1.807, 2.05) is 39.8 Å². The zero-order chi connectivity index (χ0) is 23.0. The molecule has 4 nitrogen and oxygen atoms in total. The first-order valence-electron chi connectivity index (χ1n) is 10.6. The van der Waals surface area contributed by atoms with Gasteiger partial charge in [-0.2, -0.15) is 0 Å². The number of rotatable bonds is 9. The number of nitrogens with one attached hydrogen (secondary N) is 1. The van der Waals surface area contributed by atoms with E-state index in [0.29, 0.717) is 6.42 Å². The van der Waals surface area contributed by atoms with Crippen molar-refractivity contribution >= 4 is 23.6 Å². The number of hydrogen-bond donors (Lipinski definition) is 1. The van der Waals surface area contributed by atoms with Crippen molar-refractivity contribution in [2.75, 3.05) is 5.75 Å². The molecule has 0 bridgehead atoms. The molecule has 1 N–H and O–H groups in total. The third kappa shape index (κ3) is 8.02. The summed E-state index contributed by atoms with van der Waals surface area (Å²) in [5, 5.41) is 2.99. The Morgan fingerprint density at radius 2 is 1.74 bits per heavy atom. The second kappa shape index (κ2) is 11.3. The number of carbonyl (C=O) groups excluding carboxylic acids is 2. The molecule has 2 amide bonds. The Kier molecular flexibility index (Phi) is 9.11. The standard InChI is InChI=1S/C25H33FN2O2S/c1-6-22(24(30)27-25(3,4)5)28(15-19-11-13-21(26)14-12-19)23(29)17-31-16-20-10-8-7-9-18(20)2/h7-14,22H,6,15-17H2,1-5H3,(H,27,30). The first kappa shape index (κ1) is 24.9. The third-order valence-electron chi connectivity index (χ3n) is 4.89. The van der Waals surface area contributed by atoms with Crippen molar-refractivity contribution in [1.82, 2.24) is 10.2 Å². The molecule has 2 rings (SSSR count). The highest BCUT2D eigenvalue weighted by Gasteiger charge is 2.30.